The summed E-state index contributed by atoms with van der Waals surface area (Å²) >= 11 is 0. The van der Waals surface area contributed by atoms with E-state index in [1.54, 1.807) is 0 Å². The maximum absolute atomic E-state index is 2.70. The molecule has 1 aliphatic rings. The second-order valence-corrected chi connectivity index (χ2v) is 5.50. The van der Waals surface area contributed by atoms with Crippen LogP contribution in [-0.2, 0) is 0 Å². The predicted octanol–water partition coefficient (Wildman–Crippen LogP) is 5.38. The van der Waals surface area contributed by atoms with Gasteiger partial charge in [0, 0.05) is 0 Å². The summed E-state index contributed by atoms with van der Waals surface area (Å²) in [4.78, 5) is 0. The van der Waals surface area contributed by atoms with Crippen LogP contribution in [0, 0.1) is 17.8 Å². The van der Waals surface area contributed by atoms with Crippen LogP contribution in [0.4, 0.5) is 0 Å². The molecule has 1 atom stereocenters. The first-order valence-corrected chi connectivity index (χ1v) is 7.10. The summed E-state index contributed by atoms with van der Waals surface area (Å²) < 4.78 is 0. The largest absolute Gasteiger partial charge is 0.0654 e. The monoisotopic (exact) mass is 209 g/mol. The molecule has 0 heterocycles. The minimum absolute atomic E-state index is 0.633. The summed E-state index contributed by atoms with van der Waals surface area (Å²) in [6.45, 7) is 6.99. The zero-order chi connectivity index (χ0) is 11.1. The molecule has 1 unspecified atom stereocenters. The van der Waals surface area contributed by atoms with E-state index in [2.05, 4.69) is 27.2 Å². The van der Waals surface area contributed by atoms with Gasteiger partial charge in [0.2, 0.25) is 0 Å². The molecule has 1 aliphatic carbocycles. The van der Waals surface area contributed by atoms with Gasteiger partial charge >= 0.3 is 0 Å². The van der Waals surface area contributed by atoms with Gasteiger partial charge in [-0.25, -0.2) is 0 Å². The molecule has 1 radical (unpaired) electrons. The van der Waals surface area contributed by atoms with E-state index >= 15 is 0 Å². The fourth-order valence-corrected chi connectivity index (χ4v) is 3.37. The van der Waals surface area contributed by atoms with Crippen LogP contribution in [0.3, 0.4) is 0 Å². The van der Waals surface area contributed by atoms with Gasteiger partial charge in [0.15, 0.2) is 0 Å². The molecule has 0 aromatic heterocycles. The second-order valence-electron chi connectivity index (χ2n) is 5.50. The smallest absolute Gasteiger partial charge is 0.0266 e. The number of hydrogen-bond acceptors (Lipinski definition) is 0. The molecule has 0 bridgehead atoms. The van der Waals surface area contributed by atoms with Gasteiger partial charge in [-0.3, -0.25) is 0 Å². The Hall–Kier alpha value is 0. The Morgan fingerprint density at radius 1 is 1.07 bits per heavy atom. The molecule has 0 aliphatic heterocycles. The Balaban J connectivity index is 2.41. The van der Waals surface area contributed by atoms with Crippen molar-refractivity contribution >= 4 is 0 Å². The van der Waals surface area contributed by atoms with E-state index in [1.165, 1.54) is 57.8 Å². The van der Waals surface area contributed by atoms with Gasteiger partial charge in [0.05, 0.1) is 0 Å². The van der Waals surface area contributed by atoms with E-state index in [9.17, 15) is 0 Å². The Kier molecular flexibility index (Phi) is 5.71. The van der Waals surface area contributed by atoms with Crippen LogP contribution in [0.5, 0.6) is 0 Å². The van der Waals surface area contributed by atoms with Crippen molar-refractivity contribution in [2.75, 3.05) is 0 Å². The molecule has 1 saturated carbocycles. The van der Waals surface area contributed by atoms with Crippen LogP contribution in [0.1, 0.15) is 78.6 Å². The van der Waals surface area contributed by atoms with Gasteiger partial charge in [0.25, 0.3) is 0 Å². The third kappa shape index (κ3) is 3.81. The summed E-state index contributed by atoms with van der Waals surface area (Å²) in [6, 6.07) is 0. The Morgan fingerprint density at radius 2 is 1.73 bits per heavy atom. The minimum atomic E-state index is 0.633. The maximum Gasteiger partial charge on any atom is -0.0266 e. The van der Waals surface area contributed by atoms with E-state index in [1.807, 2.05) is 0 Å². The Labute approximate surface area is 96.8 Å². The van der Waals surface area contributed by atoms with Crippen molar-refractivity contribution in [1.29, 1.82) is 0 Å². The number of hydrogen-bond donors (Lipinski definition) is 0. The molecule has 0 aromatic rings. The third-order valence-corrected chi connectivity index (χ3v) is 4.13. The molecule has 0 nitrogen and oxygen atoms in total. The van der Waals surface area contributed by atoms with Crippen molar-refractivity contribution < 1.29 is 0 Å². The summed E-state index contributed by atoms with van der Waals surface area (Å²) in [6.07, 6.45) is 15.4. The molecular weight excluding hydrogens is 180 g/mol. The lowest BCUT2D eigenvalue weighted by atomic mass is 9.65. The van der Waals surface area contributed by atoms with Gasteiger partial charge < -0.3 is 0 Å². The van der Waals surface area contributed by atoms with Crippen molar-refractivity contribution in [3.05, 3.63) is 6.42 Å². The van der Waals surface area contributed by atoms with Crippen LogP contribution in [0.2, 0.25) is 0 Å². The average Bonchev–Trinajstić information content (AvgIpc) is 2.23. The molecule has 15 heavy (non-hydrogen) atoms. The predicted molar refractivity (Wildman–Crippen MR) is 68.8 cm³/mol. The summed E-state index contributed by atoms with van der Waals surface area (Å²) in [5.41, 5.74) is 0.633. The molecule has 0 aromatic carbocycles. The van der Waals surface area contributed by atoms with Gasteiger partial charge in [-0.15, -0.1) is 0 Å². The summed E-state index contributed by atoms with van der Waals surface area (Å²) in [5.74, 6) is 1.01. The normalized spacial score (nSPS) is 21.8. The fourth-order valence-electron chi connectivity index (χ4n) is 3.37. The topological polar surface area (TPSA) is 0 Å². The van der Waals surface area contributed by atoms with Gasteiger partial charge in [0.1, 0.15) is 0 Å². The lowest BCUT2D eigenvalue weighted by molar-refractivity contribution is 0.182. The molecule has 0 saturated heterocycles. The van der Waals surface area contributed by atoms with E-state index < -0.39 is 0 Å². The van der Waals surface area contributed by atoms with Crippen LogP contribution < -0.4 is 0 Å². The van der Waals surface area contributed by atoms with E-state index in [0.29, 0.717) is 5.41 Å². The SMILES string of the molecule is CCCC1C[CH]C(CCC)(CCC)CC1. The molecule has 1 fully saturated rings. The first kappa shape index (κ1) is 13.1. The lowest BCUT2D eigenvalue weighted by Crippen LogP contribution is -2.28. The Bertz CT molecular complexity index is 143. The average molecular weight is 209 g/mol. The van der Waals surface area contributed by atoms with Gasteiger partial charge in [-0.05, 0) is 49.9 Å². The van der Waals surface area contributed by atoms with E-state index in [0.717, 1.165) is 5.92 Å². The first-order chi connectivity index (χ1) is 7.26. The molecule has 0 heteroatoms. The van der Waals surface area contributed by atoms with E-state index in [4.69, 9.17) is 0 Å². The highest BCUT2D eigenvalue weighted by Gasteiger charge is 2.33. The zero-order valence-electron chi connectivity index (χ0n) is 11.0. The molecule has 0 N–H and O–H groups in total. The lowest BCUT2D eigenvalue weighted by Gasteiger charge is -2.40. The summed E-state index contributed by atoms with van der Waals surface area (Å²) in [7, 11) is 0. The van der Waals surface area contributed by atoms with E-state index in [-0.39, 0.29) is 0 Å². The molecule has 89 valence electrons. The number of rotatable bonds is 6. The second kappa shape index (κ2) is 6.55. The maximum atomic E-state index is 2.70. The van der Waals surface area contributed by atoms with Crippen molar-refractivity contribution in [3.63, 3.8) is 0 Å². The van der Waals surface area contributed by atoms with Crippen LogP contribution in [0.25, 0.3) is 0 Å². The third-order valence-electron chi connectivity index (χ3n) is 4.13. The van der Waals surface area contributed by atoms with Crippen molar-refractivity contribution in [2.45, 2.75) is 78.6 Å². The summed E-state index contributed by atoms with van der Waals surface area (Å²) in [5, 5.41) is 0. The van der Waals surface area contributed by atoms with Crippen molar-refractivity contribution in [3.8, 4) is 0 Å². The minimum Gasteiger partial charge on any atom is -0.0654 e. The first-order valence-electron chi connectivity index (χ1n) is 7.10. The Morgan fingerprint density at radius 3 is 2.13 bits per heavy atom. The standard InChI is InChI=1S/C15H29/c1-4-7-14-8-12-15(10-5-2,11-6-3)13-9-14/h12,14H,4-11,13H2,1-3H3. The highest BCUT2D eigenvalue weighted by Crippen LogP contribution is 2.45. The highest BCUT2D eigenvalue weighted by molar-refractivity contribution is 4.97. The van der Waals surface area contributed by atoms with Crippen LogP contribution >= 0.6 is 0 Å². The molecule has 1 rings (SSSR count). The van der Waals surface area contributed by atoms with Gasteiger partial charge in [-0.1, -0.05) is 46.5 Å². The zero-order valence-corrected chi connectivity index (χ0v) is 11.0. The molecular formula is C15H29. The highest BCUT2D eigenvalue weighted by atomic mass is 14.4. The van der Waals surface area contributed by atoms with Crippen LogP contribution in [0.15, 0.2) is 0 Å². The quantitative estimate of drug-likeness (QED) is 0.551. The van der Waals surface area contributed by atoms with Gasteiger partial charge in [-0.2, -0.15) is 0 Å². The molecule has 0 amide bonds. The molecule has 0 spiro atoms. The van der Waals surface area contributed by atoms with Crippen molar-refractivity contribution in [1.82, 2.24) is 0 Å². The van der Waals surface area contributed by atoms with Crippen LogP contribution in [-0.4, -0.2) is 0 Å². The fraction of sp³-hybridized carbons (Fsp3) is 0.933. The van der Waals surface area contributed by atoms with Crippen molar-refractivity contribution in [2.24, 2.45) is 11.3 Å².